The highest BCUT2D eigenvalue weighted by Crippen LogP contribution is 2.38. The minimum absolute atomic E-state index is 0.0573. The molecule has 2 atom stereocenters. The summed E-state index contributed by atoms with van der Waals surface area (Å²) in [5.41, 5.74) is 5.27. The van der Waals surface area contributed by atoms with Gasteiger partial charge in [-0.15, -0.1) is 0 Å². The Kier molecular flexibility index (Phi) is 2.39. The topological polar surface area (TPSA) is 75.8 Å². The lowest BCUT2D eigenvalue weighted by atomic mass is 10.0. The second-order valence-electron chi connectivity index (χ2n) is 3.73. The molecule has 1 aliphatic heterocycles. The van der Waals surface area contributed by atoms with Crippen molar-refractivity contribution in [2.45, 2.75) is 44.4 Å². The zero-order valence-corrected chi connectivity index (χ0v) is 7.41. The average molecular weight is 173 g/mol. The van der Waals surface area contributed by atoms with Gasteiger partial charge in [0.15, 0.2) is 0 Å². The maximum atomic E-state index is 10.3. The number of epoxide rings is 1. The van der Waals surface area contributed by atoms with Crippen LogP contribution in [0.25, 0.3) is 0 Å². The first-order valence-corrected chi connectivity index (χ1v) is 4.09. The van der Waals surface area contributed by atoms with Gasteiger partial charge in [-0.1, -0.05) is 0 Å². The Morgan fingerprint density at radius 1 is 1.75 bits per heavy atom. The Balaban J connectivity index is 2.15. The van der Waals surface area contributed by atoms with Crippen LogP contribution in [0, 0.1) is 0 Å². The van der Waals surface area contributed by atoms with Gasteiger partial charge in [0.05, 0.1) is 11.7 Å². The van der Waals surface area contributed by atoms with E-state index in [9.17, 15) is 4.79 Å². The van der Waals surface area contributed by atoms with Gasteiger partial charge in [0, 0.05) is 0 Å². The quantitative estimate of drug-likeness (QED) is 0.602. The summed E-state index contributed by atoms with van der Waals surface area (Å²) in [5.74, 6) is -0.937. The lowest BCUT2D eigenvalue weighted by Gasteiger charge is -2.03. The number of carbonyl (C=O) groups is 1. The standard InChI is InChI=1S/C8H15NO3/c1-8(2)6(12-8)4-3-5(9)7(10)11/h5-6H,3-4,9H2,1-2H3,(H,10,11)/t5-,6?/m0/s1. The summed E-state index contributed by atoms with van der Waals surface area (Å²) in [6, 6.07) is -0.745. The van der Waals surface area contributed by atoms with Gasteiger partial charge in [-0.2, -0.15) is 0 Å². The molecule has 0 amide bonds. The van der Waals surface area contributed by atoms with E-state index < -0.39 is 12.0 Å². The van der Waals surface area contributed by atoms with Crippen LogP contribution in [0.1, 0.15) is 26.7 Å². The fourth-order valence-electron chi connectivity index (χ4n) is 1.19. The monoisotopic (exact) mass is 173 g/mol. The molecule has 0 aromatic rings. The predicted molar refractivity (Wildman–Crippen MR) is 43.8 cm³/mol. The van der Waals surface area contributed by atoms with Gasteiger partial charge < -0.3 is 15.6 Å². The highest BCUT2D eigenvalue weighted by molar-refractivity contribution is 5.72. The molecule has 0 radical (unpaired) electrons. The van der Waals surface area contributed by atoms with Crippen LogP contribution in [0.4, 0.5) is 0 Å². The molecule has 1 unspecified atom stereocenters. The predicted octanol–water partition coefficient (Wildman–Crippen LogP) is 0.356. The van der Waals surface area contributed by atoms with E-state index in [1.807, 2.05) is 13.8 Å². The number of ether oxygens (including phenoxy) is 1. The molecule has 0 saturated carbocycles. The Bertz CT molecular complexity index is 191. The van der Waals surface area contributed by atoms with Crippen LogP contribution in [-0.2, 0) is 9.53 Å². The Morgan fingerprint density at radius 3 is 2.58 bits per heavy atom. The third-order valence-corrected chi connectivity index (χ3v) is 2.22. The van der Waals surface area contributed by atoms with E-state index in [1.54, 1.807) is 0 Å². The summed E-state index contributed by atoms with van der Waals surface area (Å²) in [6.07, 6.45) is 1.42. The van der Waals surface area contributed by atoms with E-state index in [1.165, 1.54) is 0 Å². The van der Waals surface area contributed by atoms with Crippen LogP contribution in [0.15, 0.2) is 0 Å². The van der Waals surface area contributed by atoms with Crippen LogP contribution in [0.5, 0.6) is 0 Å². The van der Waals surface area contributed by atoms with Crippen molar-refractivity contribution in [3.05, 3.63) is 0 Å². The number of nitrogens with two attached hydrogens (primary N) is 1. The van der Waals surface area contributed by atoms with Crippen LogP contribution >= 0.6 is 0 Å². The Hall–Kier alpha value is -0.610. The van der Waals surface area contributed by atoms with Crippen molar-refractivity contribution in [3.63, 3.8) is 0 Å². The number of carboxylic acids is 1. The van der Waals surface area contributed by atoms with E-state index in [0.29, 0.717) is 6.42 Å². The maximum absolute atomic E-state index is 10.3. The zero-order valence-electron chi connectivity index (χ0n) is 7.41. The molecule has 0 spiro atoms. The molecule has 12 heavy (non-hydrogen) atoms. The summed E-state index contributed by atoms with van der Waals surface area (Å²) in [5, 5.41) is 8.48. The van der Waals surface area contributed by atoms with Crippen LogP contribution in [0.2, 0.25) is 0 Å². The van der Waals surface area contributed by atoms with Gasteiger partial charge >= 0.3 is 5.97 Å². The van der Waals surface area contributed by atoms with E-state index >= 15 is 0 Å². The maximum Gasteiger partial charge on any atom is 0.320 e. The molecular weight excluding hydrogens is 158 g/mol. The summed E-state index contributed by atoms with van der Waals surface area (Å²) >= 11 is 0. The van der Waals surface area contributed by atoms with Gasteiger partial charge in [0.25, 0.3) is 0 Å². The second-order valence-corrected chi connectivity index (χ2v) is 3.73. The smallest absolute Gasteiger partial charge is 0.320 e. The van der Waals surface area contributed by atoms with Crippen molar-refractivity contribution in [3.8, 4) is 0 Å². The van der Waals surface area contributed by atoms with E-state index in [2.05, 4.69) is 0 Å². The number of aliphatic carboxylic acids is 1. The summed E-state index contributed by atoms with van der Waals surface area (Å²) in [4.78, 5) is 10.3. The highest BCUT2D eigenvalue weighted by atomic mass is 16.6. The summed E-state index contributed by atoms with van der Waals surface area (Å²) < 4.78 is 5.29. The van der Waals surface area contributed by atoms with Crippen LogP contribution in [-0.4, -0.2) is 28.8 Å². The van der Waals surface area contributed by atoms with Crippen molar-refractivity contribution in [1.29, 1.82) is 0 Å². The normalized spacial score (nSPS) is 28.1. The van der Waals surface area contributed by atoms with Crippen molar-refractivity contribution in [1.82, 2.24) is 0 Å². The first-order valence-electron chi connectivity index (χ1n) is 4.09. The molecule has 0 aromatic carbocycles. The van der Waals surface area contributed by atoms with Gasteiger partial charge in [-0.25, -0.2) is 0 Å². The number of hydrogen-bond donors (Lipinski definition) is 2. The van der Waals surface area contributed by atoms with Gasteiger partial charge in [-0.3, -0.25) is 4.79 Å². The molecule has 0 aromatic heterocycles. The van der Waals surface area contributed by atoms with Gasteiger partial charge in [0.2, 0.25) is 0 Å². The largest absolute Gasteiger partial charge is 0.480 e. The van der Waals surface area contributed by atoms with E-state index in [0.717, 1.165) is 6.42 Å². The summed E-state index contributed by atoms with van der Waals surface area (Å²) in [7, 11) is 0. The molecule has 1 fully saturated rings. The van der Waals surface area contributed by atoms with Crippen molar-refractivity contribution >= 4 is 5.97 Å². The lowest BCUT2D eigenvalue weighted by Crippen LogP contribution is -2.30. The van der Waals surface area contributed by atoms with Crippen molar-refractivity contribution < 1.29 is 14.6 Å². The molecule has 4 nitrogen and oxygen atoms in total. The molecular formula is C8H15NO3. The fourth-order valence-corrected chi connectivity index (χ4v) is 1.19. The highest BCUT2D eigenvalue weighted by Gasteiger charge is 2.47. The molecule has 1 aliphatic rings. The third kappa shape index (κ3) is 2.19. The van der Waals surface area contributed by atoms with E-state index in [-0.39, 0.29) is 11.7 Å². The third-order valence-electron chi connectivity index (χ3n) is 2.22. The van der Waals surface area contributed by atoms with Gasteiger partial charge in [0.1, 0.15) is 6.04 Å². The average Bonchev–Trinajstić information content (AvgIpc) is 2.54. The molecule has 4 heteroatoms. The number of carboxylic acid groups (broad SMARTS) is 1. The van der Waals surface area contributed by atoms with Crippen LogP contribution < -0.4 is 5.73 Å². The zero-order chi connectivity index (χ0) is 9.35. The Labute approximate surface area is 71.7 Å². The SMILES string of the molecule is CC1(C)OC1CC[C@H](N)C(=O)O. The van der Waals surface area contributed by atoms with E-state index in [4.69, 9.17) is 15.6 Å². The number of hydrogen-bond acceptors (Lipinski definition) is 3. The molecule has 1 saturated heterocycles. The van der Waals surface area contributed by atoms with Gasteiger partial charge in [-0.05, 0) is 26.7 Å². The van der Waals surface area contributed by atoms with Crippen LogP contribution in [0.3, 0.4) is 0 Å². The first kappa shape index (κ1) is 9.48. The fraction of sp³-hybridized carbons (Fsp3) is 0.875. The molecule has 0 bridgehead atoms. The lowest BCUT2D eigenvalue weighted by molar-refractivity contribution is -0.138. The molecule has 0 aliphatic carbocycles. The summed E-state index contributed by atoms with van der Waals surface area (Å²) in [6.45, 7) is 3.98. The van der Waals surface area contributed by atoms with Crippen molar-refractivity contribution in [2.75, 3.05) is 0 Å². The minimum atomic E-state index is -0.937. The number of rotatable bonds is 4. The molecule has 1 heterocycles. The molecule has 3 N–H and O–H groups in total. The Morgan fingerprint density at radius 2 is 2.25 bits per heavy atom. The molecule has 70 valence electrons. The van der Waals surface area contributed by atoms with Crippen molar-refractivity contribution in [2.24, 2.45) is 5.73 Å². The first-order chi connectivity index (χ1) is 5.43. The second kappa shape index (κ2) is 3.03. The molecule has 1 rings (SSSR count). The minimum Gasteiger partial charge on any atom is -0.480 e.